The fraction of sp³-hybridized carbons (Fsp3) is 0.0417. The van der Waals surface area contributed by atoms with Crippen LogP contribution in [0.3, 0.4) is 0 Å². The van der Waals surface area contributed by atoms with Crippen molar-refractivity contribution in [2.45, 2.75) is 0 Å². The van der Waals surface area contributed by atoms with Gasteiger partial charge in [-0.15, -0.1) is 0 Å². The Morgan fingerprint density at radius 3 is 2.44 bits per heavy atom. The van der Waals surface area contributed by atoms with Gasteiger partial charge in [0, 0.05) is 5.69 Å². The van der Waals surface area contributed by atoms with Crippen molar-refractivity contribution in [2.24, 2.45) is 0 Å². The largest absolute Gasteiger partial charge is 0.481 e. The highest BCUT2D eigenvalue weighted by Crippen LogP contribution is 2.35. The number of hydrogen-bond donors (Lipinski definition) is 1. The van der Waals surface area contributed by atoms with Crippen molar-refractivity contribution in [2.75, 3.05) is 11.9 Å². The molecule has 34 heavy (non-hydrogen) atoms. The van der Waals surface area contributed by atoms with E-state index in [-0.39, 0.29) is 33.9 Å². The van der Waals surface area contributed by atoms with Crippen LogP contribution in [0.25, 0.3) is 22.7 Å². The van der Waals surface area contributed by atoms with E-state index in [2.05, 4.69) is 16.4 Å². The molecular formula is C24H13Cl4N3O3. The molecule has 0 spiro atoms. The van der Waals surface area contributed by atoms with E-state index < -0.39 is 5.91 Å². The Hall–Kier alpha value is -3.21. The van der Waals surface area contributed by atoms with Gasteiger partial charge in [-0.3, -0.25) is 4.79 Å². The maximum Gasteiger partial charge on any atom is 0.262 e. The number of rotatable bonds is 6. The quantitative estimate of drug-likeness (QED) is 0.259. The van der Waals surface area contributed by atoms with E-state index >= 15 is 0 Å². The second-order valence-electron chi connectivity index (χ2n) is 6.94. The van der Waals surface area contributed by atoms with Gasteiger partial charge in [0.05, 0.1) is 20.1 Å². The molecule has 3 aromatic carbocycles. The van der Waals surface area contributed by atoms with Crippen LogP contribution in [-0.2, 0) is 4.79 Å². The molecule has 0 saturated carbocycles. The first-order chi connectivity index (χ1) is 16.3. The first-order valence-corrected chi connectivity index (χ1v) is 11.2. The van der Waals surface area contributed by atoms with Crippen LogP contribution in [0.5, 0.6) is 5.75 Å². The number of aromatic nitrogens is 1. The maximum absolute atomic E-state index is 12.2. The molecule has 0 aliphatic rings. The standard InChI is InChI=1S/C24H13Cl4N3O3/c25-16-6-5-15(10-17(16)26)30-22(32)12-33-23-18(27)8-13(9-19(23)28)7-14(11-29)24-31-20-3-1-2-4-21(20)34-24/h1-10H,12H2,(H,30,32)/b14-7+. The molecule has 10 heteroatoms. The van der Waals surface area contributed by atoms with Crippen LogP contribution >= 0.6 is 46.4 Å². The number of hydrogen-bond acceptors (Lipinski definition) is 5. The predicted molar refractivity (Wildman–Crippen MR) is 135 cm³/mol. The summed E-state index contributed by atoms with van der Waals surface area (Å²) in [7, 11) is 0. The number of allylic oxidation sites excluding steroid dienone is 1. The fourth-order valence-corrected chi connectivity index (χ4v) is 3.92. The summed E-state index contributed by atoms with van der Waals surface area (Å²) in [5, 5.41) is 13.2. The van der Waals surface area contributed by atoms with E-state index in [4.69, 9.17) is 55.6 Å². The monoisotopic (exact) mass is 531 g/mol. The molecule has 1 heterocycles. The van der Waals surface area contributed by atoms with Crippen molar-refractivity contribution in [3.63, 3.8) is 0 Å². The van der Waals surface area contributed by atoms with Gasteiger partial charge in [0.2, 0.25) is 5.89 Å². The number of nitrogens with zero attached hydrogens (tertiary/aromatic N) is 2. The number of anilines is 1. The Morgan fingerprint density at radius 2 is 1.76 bits per heavy atom. The summed E-state index contributed by atoms with van der Waals surface area (Å²) in [4.78, 5) is 16.6. The van der Waals surface area contributed by atoms with Crippen LogP contribution in [0.2, 0.25) is 20.1 Å². The van der Waals surface area contributed by atoms with Gasteiger partial charge in [-0.1, -0.05) is 58.5 Å². The van der Waals surface area contributed by atoms with Crippen LogP contribution in [0.4, 0.5) is 5.69 Å². The number of amides is 1. The molecule has 0 atom stereocenters. The highest BCUT2D eigenvalue weighted by molar-refractivity contribution is 6.42. The lowest BCUT2D eigenvalue weighted by Gasteiger charge is -2.11. The third kappa shape index (κ3) is 5.46. The van der Waals surface area contributed by atoms with Crippen molar-refractivity contribution in [1.82, 2.24) is 4.98 Å². The number of nitrogens with one attached hydrogen (secondary N) is 1. The van der Waals surface area contributed by atoms with Crippen molar-refractivity contribution < 1.29 is 13.9 Å². The normalized spacial score (nSPS) is 11.3. The van der Waals surface area contributed by atoms with Gasteiger partial charge in [0.15, 0.2) is 17.9 Å². The minimum Gasteiger partial charge on any atom is -0.481 e. The number of oxazole rings is 1. The number of para-hydroxylation sites is 2. The molecule has 1 amide bonds. The molecule has 0 fully saturated rings. The molecule has 4 aromatic rings. The van der Waals surface area contributed by atoms with E-state index in [1.54, 1.807) is 42.5 Å². The third-order valence-electron chi connectivity index (χ3n) is 4.53. The second-order valence-corrected chi connectivity index (χ2v) is 8.56. The molecule has 1 N–H and O–H groups in total. The molecule has 0 radical (unpaired) electrons. The maximum atomic E-state index is 12.2. The van der Waals surface area contributed by atoms with E-state index in [0.717, 1.165) is 0 Å². The van der Waals surface area contributed by atoms with Gasteiger partial charge in [-0.25, -0.2) is 4.98 Å². The molecule has 0 unspecified atom stereocenters. The molecule has 0 bridgehead atoms. The summed E-state index contributed by atoms with van der Waals surface area (Å²) < 4.78 is 11.2. The number of nitriles is 1. The highest BCUT2D eigenvalue weighted by atomic mass is 35.5. The van der Waals surface area contributed by atoms with Crippen LogP contribution in [0, 0.1) is 11.3 Å². The number of ether oxygens (including phenoxy) is 1. The summed E-state index contributed by atoms with van der Waals surface area (Å²) in [6.07, 6.45) is 1.54. The number of benzene rings is 3. The number of carbonyl (C=O) groups excluding carboxylic acids is 1. The zero-order valence-corrected chi connectivity index (χ0v) is 20.1. The van der Waals surface area contributed by atoms with Gasteiger partial charge >= 0.3 is 0 Å². The first-order valence-electron chi connectivity index (χ1n) is 9.68. The fourth-order valence-electron chi connectivity index (χ4n) is 3.01. The average Bonchev–Trinajstić information content (AvgIpc) is 3.23. The number of halogens is 4. The van der Waals surface area contributed by atoms with Crippen LogP contribution in [-0.4, -0.2) is 17.5 Å². The first kappa shape index (κ1) is 23.9. The third-order valence-corrected chi connectivity index (χ3v) is 5.83. The van der Waals surface area contributed by atoms with Crippen molar-refractivity contribution >= 4 is 80.7 Å². The Kier molecular flexibility index (Phi) is 7.30. The minimum atomic E-state index is -0.447. The van der Waals surface area contributed by atoms with E-state index in [1.165, 1.54) is 6.07 Å². The minimum absolute atomic E-state index is 0.130. The topological polar surface area (TPSA) is 88.1 Å². The lowest BCUT2D eigenvalue weighted by Crippen LogP contribution is -2.20. The summed E-state index contributed by atoms with van der Waals surface area (Å²) in [6, 6.07) is 17.1. The molecule has 0 aliphatic carbocycles. The zero-order chi connectivity index (χ0) is 24.2. The van der Waals surface area contributed by atoms with Gasteiger partial charge in [0.1, 0.15) is 17.2 Å². The lowest BCUT2D eigenvalue weighted by molar-refractivity contribution is -0.118. The smallest absolute Gasteiger partial charge is 0.262 e. The summed E-state index contributed by atoms with van der Waals surface area (Å²) in [5.74, 6) is -0.141. The van der Waals surface area contributed by atoms with Crippen molar-refractivity contribution in [3.05, 3.63) is 86.1 Å². The Balaban J connectivity index is 1.49. The summed E-state index contributed by atoms with van der Waals surface area (Å²) >= 11 is 24.5. The Labute approximate surface area is 214 Å². The Bertz CT molecular complexity index is 1420. The van der Waals surface area contributed by atoms with E-state index in [0.29, 0.717) is 32.4 Å². The van der Waals surface area contributed by atoms with Crippen molar-refractivity contribution in [1.29, 1.82) is 5.26 Å². The molecule has 4 rings (SSSR count). The molecule has 6 nitrogen and oxygen atoms in total. The van der Waals surface area contributed by atoms with Crippen LogP contribution < -0.4 is 10.1 Å². The van der Waals surface area contributed by atoms with E-state index in [9.17, 15) is 10.1 Å². The average molecular weight is 533 g/mol. The second kappa shape index (κ2) is 10.4. The molecule has 0 saturated heterocycles. The SMILES string of the molecule is N#C/C(=C\c1cc(Cl)c(OCC(=O)Nc2ccc(Cl)c(Cl)c2)c(Cl)c1)c1nc2ccccc2o1. The van der Waals surface area contributed by atoms with Crippen LogP contribution in [0.1, 0.15) is 11.5 Å². The molecule has 1 aromatic heterocycles. The molecule has 170 valence electrons. The molecular weight excluding hydrogens is 520 g/mol. The Morgan fingerprint density at radius 1 is 1.03 bits per heavy atom. The zero-order valence-electron chi connectivity index (χ0n) is 17.1. The lowest BCUT2D eigenvalue weighted by atomic mass is 10.1. The van der Waals surface area contributed by atoms with Gasteiger partial charge in [-0.2, -0.15) is 5.26 Å². The predicted octanol–water partition coefficient (Wildman–Crippen LogP) is 7.52. The van der Waals surface area contributed by atoms with Crippen molar-refractivity contribution in [3.8, 4) is 11.8 Å². The van der Waals surface area contributed by atoms with Gasteiger partial charge in [0.25, 0.3) is 5.91 Å². The highest BCUT2D eigenvalue weighted by Gasteiger charge is 2.15. The van der Waals surface area contributed by atoms with Gasteiger partial charge in [-0.05, 0) is 54.1 Å². The van der Waals surface area contributed by atoms with Gasteiger partial charge < -0.3 is 14.5 Å². The molecule has 0 aliphatic heterocycles. The number of fused-ring (bicyclic) bond motifs is 1. The summed E-state index contributed by atoms with van der Waals surface area (Å²) in [5.41, 5.74) is 2.39. The number of carbonyl (C=O) groups is 1. The summed E-state index contributed by atoms with van der Waals surface area (Å²) in [6.45, 7) is -0.346. The van der Waals surface area contributed by atoms with Crippen LogP contribution in [0.15, 0.2) is 59.0 Å². The van der Waals surface area contributed by atoms with E-state index in [1.807, 2.05) is 12.1 Å².